The number of hydrogen-bond donors (Lipinski definition) is 0. The Hall–Kier alpha value is -3.23. The molecule has 0 saturated heterocycles. The second-order valence-electron chi connectivity index (χ2n) is 9.41. The highest BCUT2D eigenvalue weighted by atomic mass is 35.5. The van der Waals surface area contributed by atoms with Crippen LogP contribution in [0, 0.1) is 17.5 Å². The van der Waals surface area contributed by atoms with Crippen LogP contribution in [-0.4, -0.2) is 22.9 Å². The van der Waals surface area contributed by atoms with E-state index in [0.29, 0.717) is 27.2 Å². The first kappa shape index (κ1) is 27.3. The standard InChI is InChI=1S/C30H26ClF3N2O2S/c1-38-28-16-19(7-12-24(28)31)22-5-2-6-27-29(22)36(21-10-8-20(32)9-11-21)30(35-27)39-17-23-25(33)14-18(4-3-13-37)15-26(23)34/h7-16,22H,2-6,17H2,1H3. The number of fused-ring (bicyclic) bond motifs is 1. The van der Waals surface area contributed by atoms with Crippen LogP contribution in [0.15, 0.2) is 59.8 Å². The fraction of sp³-hybridized carbons (Fsp3) is 0.267. The first-order valence-corrected chi connectivity index (χ1v) is 14.0. The van der Waals surface area contributed by atoms with Gasteiger partial charge in [-0.2, -0.15) is 0 Å². The van der Waals surface area contributed by atoms with Crippen molar-refractivity contribution in [1.29, 1.82) is 0 Å². The van der Waals surface area contributed by atoms with Gasteiger partial charge in [0.15, 0.2) is 5.16 Å². The maximum atomic E-state index is 14.9. The summed E-state index contributed by atoms with van der Waals surface area (Å²) >= 11 is 7.51. The highest BCUT2D eigenvalue weighted by Gasteiger charge is 2.31. The number of ether oxygens (including phenoxy) is 1. The molecule has 1 atom stereocenters. The largest absolute Gasteiger partial charge is 0.495 e. The highest BCUT2D eigenvalue weighted by molar-refractivity contribution is 7.98. The van der Waals surface area contributed by atoms with Gasteiger partial charge in [0.1, 0.15) is 29.5 Å². The van der Waals surface area contributed by atoms with E-state index in [4.69, 9.17) is 21.3 Å². The zero-order chi connectivity index (χ0) is 27.5. The number of aldehydes is 1. The van der Waals surface area contributed by atoms with Gasteiger partial charge in [-0.25, -0.2) is 18.2 Å². The average Bonchev–Trinajstić information content (AvgIpc) is 3.30. The first-order valence-electron chi connectivity index (χ1n) is 12.6. The van der Waals surface area contributed by atoms with Crippen LogP contribution in [0.25, 0.3) is 5.69 Å². The topological polar surface area (TPSA) is 44.1 Å². The van der Waals surface area contributed by atoms with Gasteiger partial charge in [-0.3, -0.25) is 4.57 Å². The molecule has 39 heavy (non-hydrogen) atoms. The molecule has 5 rings (SSSR count). The number of methoxy groups -OCH3 is 1. The number of rotatable bonds is 9. The molecule has 1 unspecified atom stereocenters. The maximum absolute atomic E-state index is 14.9. The van der Waals surface area contributed by atoms with Crippen molar-refractivity contribution < 1.29 is 22.7 Å². The van der Waals surface area contributed by atoms with E-state index in [1.807, 2.05) is 22.8 Å². The zero-order valence-corrected chi connectivity index (χ0v) is 22.8. The Balaban J connectivity index is 1.55. The summed E-state index contributed by atoms with van der Waals surface area (Å²) in [6, 6.07) is 14.4. The molecular formula is C30H26ClF3N2O2S. The third-order valence-electron chi connectivity index (χ3n) is 6.95. The third kappa shape index (κ3) is 5.72. The quantitative estimate of drug-likeness (QED) is 0.152. The molecule has 4 aromatic rings. The zero-order valence-electron chi connectivity index (χ0n) is 21.2. The molecular weight excluding hydrogens is 545 g/mol. The molecule has 1 aliphatic carbocycles. The van der Waals surface area contributed by atoms with Gasteiger partial charge in [0.2, 0.25) is 0 Å². The van der Waals surface area contributed by atoms with Gasteiger partial charge in [-0.15, -0.1) is 0 Å². The van der Waals surface area contributed by atoms with Crippen molar-refractivity contribution in [3.8, 4) is 11.4 Å². The first-order chi connectivity index (χ1) is 18.9. The van der Waals surface area contributed by atoms with E-state index in [9.17, 15) is 18.0 Å². The number of halogens is 4. The van der Waals surface area contributed by atoms with Crippen LogP contribution in [-0.2, 0) is 23.4 Å². The lowest BCUT2D eigenvalue weighted by molar-refractivity contribution is -0.107. The molecule has 1 aromatic heterocycles. The van der Waals surface area contributed by atoms with E-state index in [2.05, 4.69) is 0 Å². The highest BCUT2D eigenvalue weighted by Crippen LogP contribution is 2.42. The molecule has 0 bridgehead atoms. The Bertz CT molecular complexity index is 1480. The molecule has 0 amide bonds. The van der Waals surface area contributed by atoms with Crippen molar-refractivity contribution in [2.75, 3.05) is 7.11 Å². The van der Waals surface area contributed by atoms with Crippen molar-refractivity contribution in [3.05, 3.63) is 105 Å². The molecule has 9 heteroatoms. The number of thioether (sulfide) groups is 1. The minimum atomic E-state index is -0.654. The van der Waals surface area contributed by atoms with Crippen molar-refractivity contribution in [3.63, 3.8) is 0 Å². The SMILES string of the molecule is COc1cc(C2CCCc3nc(SCc4c(F)cc(CCC=O)cc4F)n(-c4ccc(F)cc4)c32)ccc1Cl. The fourth-order valence-corrected chi connectivity index (χ4v) is 6.31. The Labute approximate surface area is 234 Å². The average molecular weight is 571 g/mol. The van der Waals surface area contributed by atoms with E-state index in [0.717, 1.165) is 42.5 Å². The smallest absolute Gasteiger partial charge is 0.173 e. The summed E-state index contributed by atoms with van der Waals surface area (Å²) in [7, 11) is 1.57. The van der Waals surface area contributed by atoms with Crippen molar-refractivity contribution >= 4 is 29.6 Å². The van der Waals surface area contributed by atoms with E-state index in [-0.39, 0.29) is 35.9 Å². The molecule has 1 aliphatic rings. The molecule has 0 spiro atoms. The predicted molar refractivity (Wildman–Crippen MR) is 147 cm³/mol. The number of carbonyl (C=O) groups excluding carboxylic acids is 1. The van der Waals surface area contributed by atoms with E-state index < -0.39 is 11.6 Å². The number of imidazole rings is 1. The van der Waals surface area contributed by atoms with Crippen molar-refractivity contribution in [1.82, 2.24) is 9.55 Å². The van der Waals surface area contributed by atoms with Gasteiger partial charge in [0, 0.05) is 29.3 Å². The van der Waals surface area contributed by atoms with Crippen LogP contribution in [0.2, 0.25) is 5.02 Å². The number of nitrogens with zero attached hydrogens (tertiary/aromatic N) is 2. The number of carbonyl (C=O) groups is 1. The molecule has 0 fully saturated rings. The second-order valence-corrected chi connectivity index (χ2v) is 10.8. The summed E-state index contributed by atoms with van der Waals surface area (Å²) in [6.07, 6.45) is 3.74. The molecule has 4 nitrogen and oxygen atoms in total. The Morgan fingerprint density at radius 1 is 1.10 bits per heavy atom. The molecule has 202 valence electrons. The van der Waals surface area contributed by atoms with Gasteiger partial charge >= 0.3 is 0 Å². The summed E-state index contributed by atoms with van der Waals surface area (Å²) < 4.78 is 51.0. The number of hydrogen-bond acceptors (Lipinski definition) is 4. The van der Waals surface area contributed by atoms with Crippen LogP contribution < -0.4 is 4.74 Å². The third-order valence-corrected chi connectivity index (χ3v) is 8.23. The molecule has 0 saturated carbocycles. The minimum Gasteiger partial charge on any atom is -0.495 e. The van der Waals surface area contributed by atoms with Crippen molar-refractivity contribution in [2.45, 2.75) is 48.9 Å². The van der Waals surface area contributed by atoms with Gasteiger partial charge in [0.05, 0.1) is 23.5 Å². The van der Waals surface area contributed by atoms with Crippen LogP contribution >= 0.6 is 23.4 Å². The summed E-state index contributed by atoms with van der Waals surface area (Å²) in [5.74, 6) is -1.11. The van der Waals surface area contributed by atoms with E-state index in [1.165, 1.54) is 36.0 Å². The van der Waals surface area contributed by atoms with Gasteiger partial charge in [-0.1, -0.05) is 29.4 Å². The summed E-state index contributed by atoms with van der Waals surface area (Å²) in [4.78, 5) is 15.6. The molecule has 1 heterocycles. The Kier molecular flexibility index (Phi) is 8.33. The van der Waals surface area contributed by atoms with Crippen LogP contribution in [0.3, 0.4) is 0 Å². The van der Waals surface area contributed by atoms with Crippen LogP contribution in [0.5, 0.6) is 5.75 Å². The molecule has 0 radical (unpaired) electrons. The number of benzene rings is 3. The molecule has 3 aromatic carbocycles. The lowest BCUT2D eigenvalue weighted by Crippen LogP contribution is -2.15. The predicted octanol–water partition coefficient (Wildman–Crippen LogP) is 7.84. The number of aryl methyl sites for hydroxylation is 2. The lowest BCUT2D eigenvalue weighted by atomic mass is 9.84. The normalized spacial score (nSPS) is 14.7. The Morgan fingerprint density at radius 3 is 2.54 bits per heavy atom. The molecule has 0 aliphatic heterocycles. The summed E-state index contributed by atoms with van der Waals surface area (Å²) in [5.41, 5.74) is 3.98. The van der Waals surface area contributed by atoms with Crippen molar-refractivity contribution in [2.24, 2.45) is 0 Å². The second kappa shape index (κ2) is 11.9. The minimum absolute atomic E-state index is 0.0160. The lowest BCUT2D eigenvalue weighted by Gasteiger charge is -2.26. The van der Waals surface area contributed by atoms with Gasteiger partial charge in [-0.05, 0) is 85.3 Å². The Morgan fingerprint density at radius 2 is 1.85 bits per heavy atom. The fourth-order valence-electron chi connectivity index (χ4n) is 5.06. The van der Waals surface area contributed by atoms with E-state index in [1.54, 1.807) is 19.2 Å². The monoisotopic (exact) mass is 570 g/mol. The van der Waals surface area contributed by atoms with Gasteiger partial charge < -0.3 is 9.53 Å². The maximum Gasteiger partial charge on any atom is 0.173 e. The van der Waals surface area contributed by atoms with Gasteiger partial charge in [0.25, 0.3) is 0 Å². The summed E-state index contributed by atoms with van der Waals surface area (Å²) in [5, 5.41) is 1.09. The molecule has 0 N–H and O–H groups in total. The van der Waals surface area contributed by atoms with Crippen LogP contribution in [0.4, 0.5) is 13.2 Å². The number of aromatic nitrogens is 2. The van der Waals surface area contributed by atoms with E-state index >= 15 is 0 Å². The summed E-state index contributed by atoms with van der Waals surface area (Å²) in [6.45, 7) is 0. The van der Waals surface area contributed by atoms with Crippen LogP contribution in [0.1, 0.15) is 53.3 Å².